The van der Waals surface area contributed by atoms with Crippen LogP contribution in [0.1, 0.15) is 31.2 Å². The first-order valence-corrected chi connectivity index (χ1v) is 6.65. The van der Waals surface area contributed by atoms with Gasteiger partial charge in [0.25, 0.3) is 0 Å². The van der Waals surface area contributed by atoms with E-state index in [0.29, 0.717) is 15.6 Å². The summed E-state index contributed by atoms with van der Waals surface area (Å²) >= 11 is 11.6. The number of nitrogens with one attached hydrogen (secondary N) is 1. The van der Waals surface area contributed by atoms with Crippen molar-refractivity contribution in [2.75, 3.05) is 0 Å². The molecule has 1 heterocycles. The molecule has 0 unspecified atom stereocenters. The maximum atomic E-state index is 6.24. The zero-order chi connectivity index (χ0) is 13.3. The highest BCUT2D eigenvalue weighted by Crippen LogP contribution is 2.29. The molecule has 0 atom stereocenters. The summed E-state index contributed by atoms with van der Waals surface area (Å²) in [6.07, 6.45) is 0. The summed E-state index contributed by atoms with van der Waals surface area (Å²) in [5, 5.41) is 0.715. The molecule has 18 heavy (non-hydrogen) atoms. The van der Waals surface area contributed by atoms with Crippen LogP contribution in [-0.4, -0.2) is 9.97 Å². The van der Waals surface area contributed by atoms with E-state index in [2.05, 4.69) is 23.8 Å². The van der Waals surface area contributed by atoms with E-state index in [4.69, 9.17) is 23.8 Å². The van der Waals surface area contributed by atoms with E-state index < -0.39 is 0 Å². The van der Waals surface area contributed by atoms with Gasteiger partial charge in [0, 0.05) is 22.1 Å². The lowest BCUT2D eigenvalue weighted by Gasteiger charge is -2.12. The number of aromatic amines is 1. The second-order valence-electron chi connectivity index (χ2n) is 4.56. The Balaban J connectivity index is 2.71. The molecule has 2 aromatic rings. The Labute approximate surface area is 117 Å². The highest BCUT2D eigenvalue weighted by molar-refractivity contribution is 7.71. The van der Waals surface area contributed by atoms with Crippen LogP contribution in [0.2, 0.25) is 5.02 Å². The number of halogens is 1. The van der Waals surface area contributed by atoms with Gasteiger partial charge in [-0.15, -0.1) is 0 Å². The summed E-state index contributed by atoms with van der Waals surface area (Å²) in [7, 11) is 0. The van der Waals surface area contributed by atoms with Gasteiger partial charge in [-0.3, -0.25) is 0 Å². The van der Waals surface area contributed by atoms with E-state index in [1.54, 1.807) is 0 Å². The predicted molar refractivity (Wildman–Crippen MR) is 78.7 cm³/mol. The van der Waals surface area contributed by atoms with Crippen molar-refractivity contribution < 1.29 is 0 Å². The number of hydrogen-bond donors (Lipinski definition) is 1. The molecule has 4 heteroatoms. The van der Waals surface area contributed by atoms with Crippen LogP contribution in [0.15, 0.2) is 24.3 Å². The number of rotatable bonds is 2. The minimum atomic E-state index is 0.300. The van der Waals surface area contributed by atoms with Crippen molar-refractivity contribution in [3.8, 4) is 11.3 Å². The standard InChI is InChI=1S/C14H15ClN2S/c1-8(2)13-16-12(9(3)14(18)17-13)10-6-4-5-7-11(10)15/h4-8H,1-3H3,(H,16,17,18). The van der Waals surface area contributed by atoms with Crippen molar-refractivity contribution >= 4 is 23.8 Å². The maximum absolute atomic E-state index is 6.24. The second kappa shape index (κ2) is 5.21. The van der Waals surface area contributed by atoms with E-state index >= 15 is 0 Å². The number of H-pyrrole nitrogens is 1. The van der Waals surface area contributed by atoms with Gasteiger partial charge in [-0.1, -0.05) is 55.9 Å². The fraction of sp³-hybridized carbons (Fsp3) is 0.286. The fourth-order valence-corrected chi connectivity index (χ4v) is 2.19. The molecular weight excluding hydrogens is 264 g/mol. The second-order valence-corrected chi connectivity index (χ2v) is 5.36. The van der Waals surface area contributed by atoms with Gasteiger partial charge in [-0.2, -0.15) is 0 Å². The first-order valence-electron chi connectivity index (χ1n) is 5.86. The maximum Gasteiger partial charge on any atom is 0.133 e. The van der Waals surface area contributed by atoms with Crippen molar-refractivity contribution in [3.63, 3.8) is 0 Å². The van der Waals surface area contributed by atoms with E-state index in [-0.39, 0.29) is 0 Å². The molecule has 0 fully saturated rings. The average molecular weight is 279 g/mol. The largest absolute Gasteiger partial charge is 0.343 e. The summed E-state index contributed by atoms with van der Waals surface area (Å²) < 4.78 is 0.632. The molecule has 1 aromatic heterocycles. The van der Waals surface area contributed by atoms with Gasteiger partial charge in [-0.05, 0) is 13.0 Å². The smallest absolute Gasteiger partial charge is 0.133 e. The summed E-state index contributed by atoms with van der Waals surface area (Å²) in [6, 6.07) is 7.75. The Kier molecular flexibility index (Phi) is 3.83. The molecule has 1 N–H and O–H groups in total. The van der Waals surface area contributed by atoms with Crippen LogP contribution < -0.4 is 0 Å². The summed E-state index contributed by atoms with van der Waals surface area (Å²) in [5.74, 6) is 1.19. The highest BCUT2D eigenvalue weighted by Gasteiger charge is 2.11. The zero-order valence-corrected chi connectivity index (χ0v) is 12.2. The van der Waals surface area contributed by atoms with Crippen LogP contribution >= 0.6 is 23.8 Å². The van der Waals surface area contributed by atoms with Gasteiger partial charge in [-0.25, -0.2) is 4.98 Å². The lowest BCUT2D eigenvalue weighted by atomic mass is 10.1. The normalized spacial score (nSPS) is 10.9. The monoisotopic (exact) mass is 278 g/mol. The number of benzene rings is 1. The van der Waals surface area contributed by atoms with Crippen LogP contribution in [0.4, 0.5) is 0 Å². The minimum absolute atomic E-state index is 0.300. The fourth-order valence-electron chi connectivity index (χ4n) is 1.76. The first-order chi connectivity index (χ1) is 8.50. The van der Waals surface area contributed by atoms with Gasteiger partial charge in [0.15, 0.2) is 0 Å². The molecule has 0 aliphatic heterocycles. The first kappa shape index (κ1) is 13.2. The van der Waals surface area contributed by atoms with Crippen LogP contribution in [0.5, 0.6) is 0 Å². The van der Waals surface area contributed by atoms with Crippen LogP contribution in [0.25, 0.3) is 11.3 Å². The van der Waals surface area contributed by atoms with Crippen molar-refractivity contribution in [1.29, 1.82) is 0 Å². The van der Waals surface area contributed by atoms with E-state index in [1.165, 1.54) is 0 Å². The molecule has 0 aliphatic rings. The molecular formula is C14H15ClN2S. The van der Waals surface area contributed by atoms with Crippen LogP contribution in [0, 0.1) is 11.6 Å². The van der Waals surface area contributed by atoms with Gasteiger partial charge >= 0.3 is 0 Å². The molecule has 2 nitrogen and oxygen atoms in total. The van der Waals surface area contributed by atoms with Crippen molar-refractivity contribution in [2.24, 2.45) is 0 Å². The summed E-state index contributed by atoms with van der Waals surface area (Å²) in [5.41, 5.74) is 2.89. The average Bonchev–Trinajstić information content (AvgIpc) is 2.33. The molecule has 94 valence electrons. The molecule has 0 radical (unpaired) electrons. The Hall–Kier alpha value is -1.19. The quantitative estimate of drug-likeness (QED) is 0.792. The number of aromatic nitrogens is 2. The Morgan fingerprint density at radius 1 is 1.28 bits per heavy atom. The molecule has 2 rings (SSSR count). The molecule has 0 amide bonds. The van der Waals surface area contributed by atoms with Gasteiger partial charge in [0.2, 0.25) is 0 Å². The SMILES string of the molecule is Cc1c(-c2ccccc2Cl)[nH]c(C(C)C)nc1=S. The Morgan fingerprint density at radius 3 is 2.56 bits per heavy atom. The molecule has 0 aliphatic carbocycles. The van der Waals surface area contributed by atoms with Gasteiger partial charge in [0.1, 0.15) is 10.5 Å². The van der Waals surface area contributed by atoms with E-state index in [9.17, 15) is 0 Å². The molecule has 0 bridgehead atoms. The topological polar surface area (TPSA) is 28.7 Å². The third kappa shape index (κ3) is 2.47. The minimum Gasteiger partial charge on any atom is -0.343 e. The molecule has 0 saturated carbocycles. The third-order valence-corrected chi connectivity index (χ3v) is 3.59. The molecule has 0 spiro atoms. The Bertz CT molecular complexity index is 632. The molecule has 0 saturated heterocycles. The lowest BCUT2D eigenvalue weighted by molar-refractivity contribution is 0.770. The number of nitrogens with zero attached hydrogens (tertiary/aromatic N) is 1. The zero-order valence-electron chi connectivity index (χ0n) is 10.6. The van der Waals surface area contributed by atoms with Crippen molar-refractivity contribution in [1.82, 2.24) is 9.97 Å². The van der Waals surface area contributed by atoms with Gasteiger partial charge < -0.3 is 4.98 Å². The Morgan fingerprint density at radius 2 is 1.94 bits per heavy atom. The van der Waals surface area contributed by atoms with E-state index in [1.807, 2.05) is 31.2 Å². The third-order valence-electron chi connectivity index (χ3n) is 2.86. The lowest BCUT2D eigenvalue weighted by Crippen LogP contribution is -2.02. The highest BCUT2D eigenvalue weighted by atomic mass is 35.5. The molecule has 1 aromatic carbocycles. The van der Waals surface area contributed by atoms with E-state index in [0.717, 1.165) is 22.6 Å². The van der Waals surface area contributed by atoms with Crippen LogP contribution in [0.3, 0.4) is 0 Å². The summed E-state index contributed by atoms with van der Waals surface area (Å²) in [6.45, 7) is 6.13. The van der Waals surface area contributed by atoms with Crippen molar-refractivity contribution in [3.05, 3.63) is 45.3 Å². The van der Waals surface area contributed by atoms with Gasteiger partial charge in [0.05, 0.1) is 5.69 Å². The van der Waals surface area contributed by atoms with Crippen molar-refractivity contribution in [2.45, 2.75) is 26.7 Å². The number of hydrogen-bond acceptors (Lipinski definition) is 2. The summed E-state index contributed by atoms with van der Waals surface area (Å²) in [4.78, 5) is 7.75. The van der Waals surface area contributed by atoms with Crippen LogP contribution in [-0.2, 0) is 0 Å². The predicted octanol–water partition coefficient (Wildman–Crippen LogP) is 4.89.